The van der Waals surface area contributed by atoms with Crippen LogP contribution in [0.5, 0.6) is 5.75 Å². The number of aryl methyl sites for hydroxylation is 1. The number of H-pyrrole nitrogens is 1. The van der Waals surface area contributed by atoms with Gasteiger partial charge < -0.3 is 35.6 Å². The SMILES string of the molecule is Cc1cc(-c2ccc3[nH]nc(N)c3c2)ccc1O[C@H]1O[C@H](CO)[C@@H](O)[C@H](O)[C@@H]1O. The van der Waals surface area contributed by atoms with Crippen LogP contribution in [-0.2, 0) is 4.74 Å². The van der Waals surface area contributed by atoms with Gasteiger partial charge in [-0.25, -0.2) is 0 Å². The minimum absolute atomic E-state index is 0.432. The van der Waals surface area contributed by atoms with E-state index in [2.05, 4.69) is 10.2 Å². The summed E-state index contributed by atoms with van der Waals surface area (Å²) in [5, 5.41) is 46.9. The molecule has 0 radical (unpaired) electrons. The Hall–Kier alpha value is -2.69. The van der Waals surface area contributed by atoms with Crippen molar-refractivity contribution in [1.29, 1.82) is 0 Å². The summed E-state index contributed by atoms with van der Waals surface area (Å²) in [5.74, 6) is 0.878. The fraction of sp³-hybridized carbons (Fsp3) is 0.350. The van der Waals surface area contributed by atoms with Crippen molar-refractivity contribution in [2.45, 2.75) is 37.6 Å². The summed E-state index contributed by atoms with van der Waals surface area (Å²) >= 11 is 0. The number of fused-ring (bicyclic) bond motifs is 1. The van der Waals surface area contributed by atoms with E-state index in [9.17, 15) is 20.4 Å². The number of aromatic amines is 1. The molecule has 3 aromatic rings. The van der Waals surface area contributed by atoms with Crippen molar-refractivity contribution in [2.75, 3.05) is 12.3 Å². The van der Waals surface area contributed by atoms with Gasteiger partial charge in [-0.3, -0.25) is 5.10 Å². The molecule has 1 aliphatic heterocycles. The molecule has 0 aliphatic carbocycles. The van der Waals surface area contributed by atoms with Crippen LogP contribution in [0.2, 0.25) is 0 Å². The lowest BCUT2D eigenvalue weighted by Crippen LogP contribution is -2.60. The molecule has 0 amide bonds. The van der Waals surface area contributed by atoms with Crippen molar-refractivity contribution in [3.8, 4) is 16.9 Å². The molecular weight excluding hydrogens is 378 g/mol. The molecule has 1 aliphatic rings. The van der Waals surface area contributed by atoms with Crippen molar-refractivity contribution in [1.82, 2.24) is 10.2 Å². The van der Waals surface area contributed by atoms with E-state index in [4.69, 9.17) is 15.2 Å². The van der Waals surface area contributed by atoms with Gasteiger partial charge in [0.2, 0.25) is 6.29 Å². The van der Waals surface area contributed by atoms with Gasteiger partial charge in [-0.2, -0.15) is 5.10 Å². The summed E-state index contributed by atoms with van der Waals surface area (Å²) in [5.41, 5.74) is 9.40. The zero-order valence-electron chi connectivity index (χ0n) is 15.7. The first-order valence-electron chi connectivity index (χ1n) is 9.21. The Balaban J connectivity index is 1.57. The first-order chi connectivity index (χ1) is 13.9. The molecule has 9 nitrogen and oxygen atoms in total. The average molecular weight is 401 g/mol. The van der Waals surface area contributed by atoms with Gasteiger partial charge in [0.15, 0.2) is 5.82 Å². The molecule has 0 saturated carbocycles. The number of nitrogens with one attached hydrogen (secondary N) is 1. The highest BCUT2D eigenvalue weighted by Gasteiger charge is 2.44. The van der Waals surface area contributed by atoms with Crippen molar-refractivity contribution >= 4 is 16.7 Å². The highest BCUT2D eigenvalue weighted by molar-refractivity contribution is 5.92. The Morgan fingerprint density at radius 1 is 1.07 bits per heavy atom. The molecule has 29 heavy (non-hydrogen) atoms. The normalized spacial score (nSPS) is 27.3. The van der Waals surface area contributed by atoms with Crippen LogP contribution in [0.3, 0.4) is 0 Å². The summed E-state index contributed by atoms with van der Waals surface area (Å²) < 4.78 is 11.1. The molecule has 2 aromatic carbocycles. The number of benzene rings is 2. The number of aliphatic hydroxyl groups excluding tert-OH is 4. The highest BCUT2D eigenvalue weighted by Crippen LogP contribution is 2.31. The molecule has 7 N–H and O–H groups in total. The zero-order valence-corrected chi connectivity index (χ0v) is 15.7. The molecular formula is C20H23N3O6. The number of nitrogen functional groups attached to an aromatic ring is 1. The molecule has 0 bridgehead atoms. The molecule has 0 spiro atoms. The first kappa shape index (κ1) is 19.6. The molecule has 1 fully saturated rings. The summed E-state index contributed by atoms with van der Waals surface area (Å²) in [4.78, 5) is 0. The summed E-state index contributed by atoms with van der Waals surface area (Å²) in [6, 6.07) is 11.3. The van der Waals surface area contributed by atoms with Gasteiger partial charge in [-0.15, -0.1) is 0 Å². The smallest absolute Gasteiger partial charge is 0.229 e. The number of hydrogen-bond donors (Lipinski definition) is 6. The van der Waals surface area contributed by atoms with Crippen LogP contribution < -0.4 is 10.5 Å². The van der Waals surface area contributed by atoms with E-state index < -0.39 is 37.3 Å². The van der Waals surface area contributed by atoms with E-state index in [0.717, 1.165) is 27.6 Å². The van der Waals surface area contributed by atoms with Crippen LogP contribution >= 0.6 is 0 Å². The third kappa shape index (κ3) is 3.54. The Morgan fingerprint density at radius 2 is 1.79 bits per heavy atom. The topological polar surface area (TPSA) is 154 Å². The Labute approximate surface area is 166 Å². The molecule has 9 heteroatoms. The Bertz CT molecular complexity index is 1020. The summed E-state index contributed by atoms with van der Waals surface area (Å²) in [6.45, 7) is 1.33. The largest absolute Gasteiger partial charge is 0.462 e. The minimum Gasteiger partial charge on any atom is -0.462 e. The van der Waals surface area contributed by atoms with E-state index in [1.807, 2.05) is 37.3 Å². The Morgan fingerprint density at radius 3 is 2.52 bits per heavy atom. The van der Waals surface area contributed by atoms with Crippen LogP contribution in [0.25, 0.3) is 22.0 Å². The predicted octanol–water partition coefficient (Wildman–Crippen LogP) is 0.299. The zero-order chi connectivity index (χ0) is 20.7. The van der Waals surface area contributed by atoms with Crippen LogP contribution in [0.1, 0.15) is 5.56 Å². The second-order valence-electron chi connectivity index (χ2n) is 7.16. The van der Waals surface area contributed by atoms with Crippen molar-refractivity contribution in [3.05, 3.63) is 42.0 Å². The van der Waals surface area contributed by atoms with Crippen LogP contribution in [0, 0.1) is 6.92 Å². The molecule has 1 aromatic heterocycles. The van der Waals surface area contributed by atoms with Gasteiger partial charge in [0.1, 0.15) is 30.2 Å². The van der Waals surface area contributed by atoms with E-state index >= 15 is 0 Å². The van der Waals surface area contributed by atoms with Gasteiger partial charge in [0.25, 0.3) is 0 Å². The summed E-state index contributed by atoms with van der Waals surface area (Å²) in [6.07, 6.45) is -6.62. The number of aromatic nitrogens is 2. The number of anilines is 1. The lowest BCUT2D eigenvalue weighted by molar-refractivity contribution is -0.277. The maximum absolute atomic E-state index is 10.1. The van der Waals surface area contributed by atoms with E-state index in [1.165, 1.54) is 0 Å². The monoisotopic (exact) mass is 401 g/mol. The maximum atomic E-state index is 10.1. The lowest BCUT2D eigenvalue weighted by Gasteiger charge is -2.39. The number of nitrogens with zero attached hydrogens (tertiary/aromatic N) is 1. The number of ether oxygens (including phenoxy) is 2. The van der Waals surface area contributed by atoms with Crippen LogP contribution in [0.4, 0.5) is 5.82 Å². The quantitative estimate of drug-likeness (QED) is 0.365. The fourth-order valence-electron chi connectivity index (χ4n) is 3.46. The minimum atomic E-state index is -1.49. The molecule has 4 rings (SSSR count). The molecule has 1 saturated heterocycles. The standard InChI is InChI=1S/C20H23N3O6/c1-9-6-10(11-2-4-13-12(7-11)19(21)23-22-13)3-5-14(9)28-20-18(27)17(26)16(25)15(8-24)29-20/h2-7,15-18,20,24-27H,8H2,1H3,(H3,21,22,23)/t15-,16-,17+,18+,20+/m1/s1. The van der Waals surface area contributed by atoms with Crippen LogP contribution in [-0.4, -0.2) is 67.9 Å². The average Bonchev–Trinajstić information content (AvgIpc) is 3.10. The third-order valence-corrected chi connectivity index (χ3v) is 5.19. The molecule has 5 atom stereocenters. The number of nitrogens with two attached hydrogens (primary N) is 1. The van der Waals surface area contributed by atoms with Crippen molar-refractivity contribution in [2.24, 2.45) is 0 Å². The van der Waals surface area contributed by atoms with Gasteiger partial charge in [0.05, 0.1) is 12.1 Å². The number of hydrogen-bond acceptors (Lipinski definition) is 8. The van der Waals surface area contributed by atoms with Gasteiger partial charge in [-0.1, -0.05) is 12.1 Å². The van der Waals surface area contributed by atoms with Crippen molar-refractivity contribution < 1.29 is 29.9 Å². The van der Waals surface area contributed by atoms with E-state index in [0.29, 0.717) is 11.6 Å². The fourth-order valence-corrected chi connectivity index (χ4v) is 3.46. The second kappa shape index (κ2) is 7.62. The Kier molecular flexibility index (Phi) is 5.15. The third-order valence-electron chi connectivity index (χ3n) is 5.19. The van der Waals surface area contributed by atoms with Crippen molar-refractivity contribution in [3.63, 3.8) is 0 Å². The predicted molar refractivity (Wildman–Crippen MR) is 105 cm³/mol. The van der Waals surface area contributed by atoms with Gasteiger partial charge in [0, 0.05) is 5.39 Å². The highest BCUT2D eigenvalue weighted by atomic mass is 16.7. The van der Waals surface area contributed by atoms with Gasteiger partial charge in [-0.05, 0) is 47.9 Å². The number of aliphatic hydroxyl groups is 4. The first-order valence-corrected chi connectivity index (χ1v) is 9.21. The van der Waals surface area contributed by atoms with E-state index in [-0.39, 0.29) is 0 Å². The molecule has 0 unspecified atom stereocenters. The maximum Gasteiger partial charge on any atom is 0.229 e. The molecule has 154 valence electrons. The lowest BCUT2D eigenvalue weighted by atomic mass is 9.99. The van der Waals surface area contributed by atoms with Gasteiger partial charge >= 0.3 is 0 Å². The second-order valence-corrected chi connectivity index (χ2v) is 7.16. The summed E-state index contributed by atoms with van der Waals surface area (Å²) in [7, 11) is 0. The number of rotatable bonds is 4. The van der Waals surface area contributed by atoms with E-state index in [1.54, 1.807) is 6.07 Å². The van der Waals surface area contributed by atoms with Crippen LogP contribution in [0.15, 0.2) is 36.4 Å². The molecule has 2 heterocycles.